The van der Waals surface area contributed by atoms with E-state index in [2.05, 4.69) is 0 Å². The largest absolute Gasteiger partial charge is 0.462 e. The van der Waals surface area contributed by atoms with Gasteiger partial charge in [-0.3, -0.25) is 19.1 Å². The van der Waals surface area contributed by atoms with E-state index >= 15 is 0 Å². The van der Waals surface area contributed by atoms with Gasteiger partial charge in [0.1, 0.15) is 17.6 Å². The van der Waals surface area contributed by atoms with Crippen LogP contribution in [0.25, 0.3) is 0 Å². The van der Waals surface area contributed by atoms with Gasteiger partial charge < -0.3 is 28.4 Å². The van der Waals surface area contributed by atoms with Gasteiger partial charge in [-0.15, -0.1) is 0 Å². The van der Waals surface area contributed by atoms with Gasteiger partial charge >= 0.3 is 23.9 Å². The second-order valence-electron chi connectivity index (χ2n) is 13.4. The molecule has 11 heteroatoms. The van der Waals surface area contributed by atoms with Crippen LogP contribution in [0.1, 0.15) is 81.1 Å². The topological polar surface area (TPSA) is 133 Å². The number of hydrogen-bond donors (Lipinski definition) is 0. The number of cyclic esters (lactones) is 1. The van der Waals surface area contributed by atoms with Crippen molar-refractivity contribution in [2.45, 2.75) is 116 Å². The quantitative estimate of drug-likeness (QED) is 0.352. The fourth-order valence-electron chi connectivity index (χ4n) is 7.96. The SMILES string of the molecule is CC(=O)OC1[C@@H]2C(=O)O[C@@]1(C)OC13OCC/C=C\C(=O)OC(C)(C)[C@H]4C[C@@](C[C@]1(C)[C@H]2C)(O3)[C@@H](C)C[C@@H]4OC(C)=O. The van der Waals surface area contributed by atoms with Crippen molar-refractivity contribution in [2.75, 3.05) is 6.61 Å². The van der Waals surface area contributed by atoms with E-state index in [1.807, 2.05) is 34.6 Å². The predicted octanol–water partition coefficient (Wildman–Crippen LogP) is 3.57. The van der Waals surface area contributed by atoms with Gasteiger partial charge in [0.05, 0.1) is 17.6 Å². The minimum Gasteiger partial charge on any atom is -0.462 e. The molecule has 41 heavy (non-hydrogen) atoms. The van der Waals surface area contributed by atoms with Gasteiger partial charge in [0, 0.05) is 32.8 Å². The lowest BCUT2D eigenvalue weighted by molar-refractivity contribution is -0.472. The van der Waals surface area contributed by atoms with Crippen molar-refractivity contribution in [1.82, 2.24) is 0 Å². The number of ether oxygens (including phenoxy) is 7. The molecule has 0 radical (unpaired) electrons. The Morgan fingerprint density at radius 1 is 0.976 bits per heavy atom. The Balaban J connectivity index is 1.65. The fraction of sp³-hybridized carbons (Fsp3) is 0.800. The first-order valence-electron chi connectivity index (χ1n) is 14.5. The van der Waals surface area contributed by atoms with Crippen molar-refractivity contribution in [3.63, 3.8) is 0 Å². The van der Waals surface area contributed by atoms with Crippen molar-refractivity contribution < 1.29 is 52.3 Å². The van der Waals surface area contributed by atoms with Crippen LogP contribution in [-0.2, 0) is 52.3 Å². The molecule has 5 bridgehead atoms. The van der Waals surface area contributed by atoms with Crippen molar-refractivity contribution in [3.05, 3.63) is 12.2 Å². The highest BCUT2D eigenvalue weighted by atomic mass is 16.9. The maximum Gasteiger partial charge on any atom is 0.330 e. The highest BCUT2D eigenvalue weighted by Gasteiger charge is 2.78. The second-order valence-corrected chi connectivity index (χ2v) is 13.4. The predicted molar refractivity (Wildman–Crippen MR) is 140 cm³/mol. The zero-order valence-electron chi connectivity index (χ0n) is 25.1. The fourth-order valence-corrected chi connectivity index (χ4v) is 7.96. The van der Waals surface area contributed by atoms with E-state index in [9.17, 15) is 19.2 Å². The average Bonchev–Trinajstić information content (AvgIpc) is 3.20. The van der Waals surface area contributed by atoms with Crippen LogP contribution in [0.5, 0.6) is 0 Å². The minimum atomic E-state index is -1.68. The number of carbonyl (C=O) groups excluding carboxylic acids is 4. The summed E-state index contributed by atoms with van der Waals surface area (Å²) < 4.78 is 43.5. The van der Waals surface area contributed by atoms with Gasteiger partial charge in [-0.05, 0) is 51.4 Å². The first kappa shape index (κ1) is 30.0. The third-order valence-electron chi connectivity index (χ3n) is 10.2. The Bertz CT molecular complexity index is 1160. The summed E-state index contributed by atoms with van der Waals surface area (Å²) in [7, 11) is 0. The third kappa shape index (κ3) is 4.68. The summed E-state index contributed by atoms with van der Waals surface area (Å²) in [5.41, 5.74) is -2.76. The van der Waals surface area contributed by atoms with E-state index in [0.29, 0.717) is 25.7 Å². The summed E-state index contributed by atoms with van der Waals surface area (Å²) in [6, 6.07) is 0. The van der Waals surface area contributed by atoms with Gasteiger partial charge in [-0.1, -0.05) is 26.8 Å². The molecular weight excluding hydrogens is 536 g/mol. The molecule has 11 nitrogen and oxygen atoms in total. The molecule has 0 aromatic carbocycles. The molecule has 2 unspecified atom stereocenters. The molecule has 4 aliphatic heterocycles. The lowest BCUT2D eigenvalue weighted by Gasteiger charge is -2.51. The Labute approximate surface area is 240 Å². The summed E-state index contributed by atoms with van der Waals surface area (Å²) in [5.74, 6) is -7.13. The molecule has 0 N–H and O–H groups in total. The van der Waals surface area contributed by atoms with E-state index in [1.165, 1.54) is 19.9 Å². The van der Waals surface area contributed by atoms with Crippen LogP contribution in [-0.4, -0.2) is 65.7 Å². The van der Waals surface area contributed by atoms with Crippen molar-refractivity contribution in [3.8, 4) is 0 Å². The molecule has 2 spiro atoms. The number of carbonyl (C=O) groups is 4. The van der Waals surface area contributed by atoms with E-state index in [-0.39, 0.29) is 12.5 Å². The maximum atomic E-state index is 13.3. The van der Waals surface area contributed by atoms with E-state index < -0.39 is 82.2 Å². The summed E-state index contributed by atoms with van der Waals surface area (Å²) in [4.78, 5) is 50.3. The van der Waals surface area contributed by atoms with E-state index in [4.69, 9.17) is 33.2 Å². The van der Waals surface area contributed by atoms with Crippen LogP contribution in [0.2, 0.25) is 0 Å². The zero-order valence-corrected chi connectivity index (χ0v) is 25.1. The highest BCUT2D eigenvalue weighted by Crippen LogP contribution is 2.67. The third-order valence-corrected chi connectivity index (χ3v) is 10.2. The molecule has 1 saturated carbocycles. The van der Waals surface area contributed by atoms with Crippen LogP contribution in [0.3, 0.4) is 0 Å². The average molecular weight is 579 g/mol. The molecule has 0 aromatic rings. The number of rotatable bonds is 2. The Morgan fingerprint density at radius 2 is 1.66 bits per heavy atom. The molecule has 5 aliphatic rings. The summed E-state index contributed by atoms with van der Waals surface area (Å²) in [6.45, 7) is 13.9. The number of esters is 4. The van der Waals surface area contributed by atoms with Crippen molar-refractivity contribution in [2.24, 2.45) is 29.1 Å². The van der Waals surface area contributed by atoms with Crippen molar-refractivity contribution in [1.29, 1.82) is 0 Å². The standard InChI is InChI=1S/C30H42O11/c1-16-13-21(36-18(3)31)20-14-29(16)15-27(7)17(2)23-24(37-19(4)32)28(8,39-25(23)34)40-30(27,41-29)35-12-10-9-11-22(33)38-26(20,5)6/h9,11,16-17,20-21,23-24H,10,12-15H2,1-8H3/b11-9-/t16-,17-,20-,21-,23+,24?,27+,28-,29-,30?/m0/s1. The lowest BCUT2D eigenvalue weighted by atomic mass is 9.59. The Morgan fingerprint density at radius 3 is 2.32 bits per heavy atom. The molecule has 228 valence electrons. The molecule has 4 heterocycles. The first-order valence-corrected chi connectivity index (χ1v) is 14.5. The maximum absolute atomic E-state index is 13.3. The Hall–Kier alpha value is -2.50. The summed E-state index contributed by atoms with van der Waals surface area (Å²) in [5, 5.41) is 0. The van der Waals surface area contributed by atoms with Gasteiger partial charge in [0.15, 0.2) is 6.10 Å². The zero-order chi connectivity index (χ0) is 30.2. The molecule has 3 saturated heterocycles. The minimum absolute atomic E-state index is 0.131. The van der Waals surface area contributed by atoms with E-state index in [0.717, 1.165) is 0 Å². The van der Waals surface area contributed by atoms with E-state index in [1.54, 1.807) is 13.0 Å². The second kappa shape index (κ2) is 9.77. The molecule has 0 amide bonds. The number of hydrogen-bond acceptors (Lipinski definition) is 11. The Kier molecular flexibility index (Phi) is 7.14. The first-order chi connectivity index (χ1) is 19.0. The van der Waals surface area contributed by atoms with Gasteiger partial charge in [-0.25, -0.2) is 4.79 Å². The smallest absolute Gasteiger partial charge is 0.330 e. The summed E-state index contributed by atoms with van der Waals surface area (Å²) >= 11 is 0. The summed E-state index contributed by atoms with van der Waals surface area (Å²) in [6.07, 6.45) is 3.10. The molecule has 4 fully saturated rings. The van der Waals surface area contributed by atoms with Crippen LogP contribution in [0.15, 0.2) is 12.2 Å². The molecule has 0 aromatic heterocycles. The molecular formula is C30H42O11. The molecule has 10 atom stereocenters. The van der Waals surface area contributed by atoms with Crippen LogP contribution in [0.4, 0.5) is 0 Å². The lowest BCUT2D eigenvalue weighted by Crippen LogP contribution is -2.58. The number of fused-ring (bicyclic) bond motifs is 3. The van der Waals surface area contributed by atoms with Gasteiger partial charge in [0.2, 0.25) is 0 Å². The van der Waals surface area contributed by atoms with Crippen LogP contribution < -0.4 is 0 Å². The van der Waals surface area contributed by atoms with Crippen LogP contribution >= 0.6 is 0 Å². The van der Waals surface area contributed by atoms with Gasteiger partial charge in [-0.2, -0.15) is 0 Å². The van der Waals surface area contributed by atoms with Gasteiger partial charge in [0.25, 0.3) is 11.8 Å². The highest BCUT2D eigenvalue weighted by molar-refractivity contribution is 5.82. The monoisotopic (exact) mass is 578 g/mol. The van der Waals surface area contributed by atoms with Crippen LogP contribution in [0, 0.1) is 29.1 Å². The molecule has 5 rings (SSSR count). The molecule has 1 aliphatic carbocycles. The van der Waals surface area contributed by atoms with Crippen molar-refractivity contribution >= 4 is 23.9 Å². The normalized spacial score (nSPS) is 47.7.